The Balaban J connectivity index is 2.03. The molecule has 1 aromatic rings. The van der Waals surface area contributed by atoms with E-state index in [1.165, 1.54) is 0 Å². The first-order valence-corrected chi connectivity index (χ1v) is 9.45. The number of nitrogens with one attached hydrogen (secondary N) is 1. The first kappa shape index (κ1) is 21.5. The number of esters is 1. The quantitative estimate of drug-likeness (QED) is 0.517. The molecule has 0 aliphatic carbocycles. The van der Waals surface area contributed by atoms with Crippen LogP contribution >= 0.6 is 0 Å². The lowest BCUT2D eigenvalue weighted by atomic mass is 10.1. The van der Waals surface area contributed by atoms with E-state index in [-0.39, 0.29) is 24.0 Å². The molecule has 0 atom stereocenters. The van der Waals surface area contributed by atoms with Crippen LogP contribution in [0.15, 0.2) is 41.8 Å². The van der Waals surface area contributed by atoms with Gasteiger partial charge < -0.3 is 19.7 Å². The zero-order valence-electron chi connectivity index (χ0n) is 16.9. The van der Waals surface area contributed by atoms with E-state index in [1.54, 1.807) is 17.0 Å². The maximum atomic E-state index is 12.5. The summed E-state index contributed by atoms with van der Waals surface area (Å²) in [5.74, 6) is -0.962. The highest BCUT2D eigenvalue weighted by atomic mass is 16.5. The van der Waals surface area contributed by atoms with Gasteiger partial charge in [-0.05, 0) is 24.0 Å². The fraction of sp³-hybridized carbons (Fsp3) is 0.476. The summed E-state index contributed by atoms with van der Waals surface area (Å²) in [6.45, 7) is 8.61. The summed E-state index contributed by atoms with van der Waals surface area (Å²) in [5.41, 5.74) is 0.476. The number of benzene rings is 1. The standard InChI is InChI=1S/C21H28N2O5/c1-14(2)10-23(11-15(3)4)18(25)13-28-21(26)19-17(24)12-27-20(19)22-16-8-6-5-7-9-16/h5-9,14-15,22H,10-13H2,1-4H3. The summed E-state index contributed by atoms with van der Waals surface area (Å²) < 4.78 is 10.4. The van der Waals surface area contributed by atoms with Gasteiger partial charge in [0.15, 0.2) is 18.8 Å². The summed E-state index contributed by atoms with van der Waals surface area (Å²) in [4.78, 5) is 38.7. The number of carbonyl (C=O) groups excluding carboxylic acids is 3. The Kier molecular flexibility index (Phi) is 7.61. The zero-order chi connectivity index (χ0) is 20.7. The van der Waals surface area contributed by atoms with E-state index in [1.807, 2.05) is 45.9 Å². The number of rotatable bonds is 9. The second-order valence-corrected chi connectivity index (χ2v) is 7.57. The third-order valence-electron chi connectivity index (χ3n) is 3.94. The van der Waals surface area contributed by atoms with Crippen LogP contribution in [-0.2, 0) is 23.9 Å². The normalized spacial score (nSPS) is 13.7. The lowest BCUT2D eigenvalue weighted by Crippen LogP contribution is -2.39. The SMILES string of the molecule is CC(C)CN(CC(C)C)C(=O)COC(=O)C1=C(Nc2ccccc2)OCC1=O. The predicted molar refractivity (Wildman–Crippen MR) is 105 cm³/mol. The van der Waals surface area contributed by atoms with Crippen LogP contribution < -0.4 is 5.32 Å². The first-order chi connectivity index (χ1) is 13.3. The van der Waals surface area contributed by atoms with Crippen molar-refractivity contribution in [2.45, 2.75) is 27.7 Å². The highest BCUT2D eigenvalue weighted by Crippen LogP contribution is 2.20. The molecule has 1 aliphatic heterocycles. The van der Waals surface area contributed by atoms with Crippen molar-refractivity contribution in [3.05, 3.63) is 41.8 Å². The van der Waals surface area contributed by atoms with Crippen LogP contribution in [0.3, 0.4) is 0 Å². The van der Waals surface area contributed by atoms with Crippen LogP contribution in [0.2, 0.25) is 0 Å². The summed E-state index contributed by atoms with van der Waals surface area (Å²) in [6, 6.07) is 9.03. The summed E-state index contributed by atoms with van der Waals surface area (Å²) in [5, 5.41) is 2.91. The molecule has 0 saturated heterocycles. The molecule has 1 N–H and O–H groups in total. The number of ketones is 1. The van der Waals surface area contributed by atoms with E-state index in [9.17, 15) is 14.4 Å². The number of ether oxygens (including phenoxy) is 2. The Morgan fingerprint density at radius 1 is 1.11 bits per heavy atom. The Morgan fingerprint density at radius 3 is 2.29 bits per heavy atom. The van der Waals surface area contributed by atoms with Crippen molar-refractivity contribution in [1.29, 1.82) is 0 Å². The summed E-state index contributed by atoms with van der Waals surface area (Å²) in [7, 11) is 0. The molecule has 28 heavy (non-hydrogen) atoms. The third-order valence-corrected chi connectivity index (χ3v) is 3.94. The van der Waals surface area contributed by atoms with Crippen molar-refractivity contribution in [2.75, 3.05) is 31.6 Å². The van der Waals surface area contributed by atoms with E-state index >= 15 is 0 Å². The van der Waals surface area contributed by atoms with Gasteiger partial charge in [0.05, 0.1) is 0 Å². The summed E-state index contributed by atoms with van der Waals surface area (Å²) >= 11 is 0. The van der Waals surface area contributed by atoms with E-state index in [0.29, 0.717) is 30.6 Å². The monoisotopic (exact) mass is 388 g/mol. The Labute approximate surface area is 165 Å². The fourth-order valence-electron chi connectivity index (χ4n) is 2.82. The topological polar surface area (TPSA) is 84.9 Å². The molecule has 1 heterocycles. The molecule has 7 nitrogen and oxygen atoms in total. The molecule has 7 heteroatoms. The lowest BCUT2D eigenvalue weighted by Gasteiger charge is -2.26. The molecule has 1 aliphatic rings. The molecule has 0 aromatic heterocycles. The number of hydrogen-bond acceptors (Lipinski definition) is 6. The Hall–Kier alpha value is -2.83. The van der Waals surface area contributed by atoms with Crippen LogP contribution in [0.25, 0.3) is 0 Å². The van der Waals surface area contributed by atoms with Crippen LogP contribution in [0.5, 0.6) is 0 Å². The van der Waals surface area contributed by atoms with E-state index < -0.39 is 18.4 Å². The van der Waals surface area contributed by atoms with Crippen molar-refractivity contribution in [1.82, 2.24) is 4.90 Å². The van der Waals surface area contributed by atoms with Crippen molar-refractivity contribution in [3.8, 4) is 0 Å². The molecule has 1 amide bonds. The van der Waals surface area contributed by atoms with Gasteiger partial charge in [-0.15, -0.1) is 0 Å². The van der Waals surface area contributed by atoms with E-state index in [2.05, 4.69) is 5.32 Å². The molecule has 0 radical (unpaired) electrons. The zero-order valence-corrected chi connectivity index (χ0v) is 16.9. The third kappa shape index (κ3) is 6.11. The Morgan fingerprint density at radius 2 is 1.71 bits per heavy atom. The minimum Gasteiger partial charge on any atom is -0.470 e. The molecular formula is C21H28N2O5. The average molecular weight is 388 g/mol. The molecule has 152 valence electrons. The van der Waals surface area contributed by atoms with Crippen LogP contribution in [-0.4, -0.2) is 48.9 Å². The number of anilines is 1. The number of carbonyl (C=O) groups is 3. The molecule has 0 fully saturated rings. The fourth-order valence-corrected chi connectivity index (χ4v) is 2.82. The van der Waals surface area contributed by atoms with Gasteiger partial charge in [-0.25, -0.2) is 4.79 Å². The second-order valence-electron chi connectivity index (χ2n) is 7.57. The molecule has 0 bridgehead atoms. The molecule has 0 spiro atoms. The first-order valence-electron chi connectivity index (χ1n) is 9.45. The van der Waals surface area contributed by atoms with Gasteiger partial charge in [-0.1, -0.05) is 45.9 Å². The molecular weight excluding hydrogens is 360 g/mol. The molecule has 0 unspecified atom stereocenters. The number of amides is 1. The molecule has 1 aromatic carbocycles. The van der Waals surface area contributed by atoms with Crippen molar-refractivity contribution < 1.29 is 23.9 Å². The maximum absolute atomic E-state index is 12.5. The highest BCUT2D eigenvalue weighted by molar-refractivity contribution is 6.20. The average Bonchev–Trinajstić information content (AvgIpc) is 2.99. The molecule has 0 saturated carbocycles. The largest absolute Gasteiger partial charge is 0.470 e. The second kappa shape index (κ2) is 9.92. The summed E-state index contributed by atoms with van der Waals surface area (Å²) in [6.07, 6.45) is 0. The van der Waals surface area contributed by atoms with Gasteiger partial charge >= 0.3 is 5.97 Å². The lowest BCUT2D eigenvalue weighted by molar-refractivity contribution is -0.150. The van der Waals surface area contributed by atoms with Gasteiger partial charge in [-0.2, -0.15) is 0 Å². The van der Waals surface area contributed by atoms with Crippen LogP contribution in [0.4, 0.5) is 5.69 Å². The van der Waals surface area contributed by atoms with Gasteiger partial charge in [0.25, 0.3) is 5.91 Å². The van der Waals surface area contributed by atoms with Crippen LogP contribution in [0, 0.1) is 11.8 Å². The van der Waals surface area contributed by atoms with Gasteiger partial charge in [-0.3, -0.25) is 9.59 Å². The van der Waals surface area contributed by atoms with E-state index in [0.717, 1.165) is 0 Å². The van der Waals surface area contributed by atoms with Crippen LogP contribution in [0.1, 0.15) is 27.7 Å². The minimum atomic E-state index is -0.858. The minimum absolute atomic E-state index is 0.0508. The van der Waals surface area contributed by atoms with E-state index in [4.69, 9.17) is 9.47 Å². The smallest absolute Gasteiger partial charge is 0.347 e. The van der Waals surface area contributed by atoms with Crippen molar-refractivity contribution >= 4 is 23.3 Å². The van der Waals surface area contributed by atoms with Gasteiger partial charge in [0, 0.05) is 18.8 Å². The number of Topliss-reactive ketones (excluding diaryl/α,β-unsaturated/α-hetero) is 1. The van der Waals surface area contributed by atoms with Gasteiger partial charge in [0.1, 0.15) is 0 Å². The number of nitrogens with zero attached hydrogens (tertiary/aromatic N) is 1. The predicted octanol–water partition coefficient (Wildman–Crippen LogP) is 2.59. The highest BCUT2D eigenvalue weighted by Gasteiger charge is 2.33. The van der Waals surface area contributed by atoms with Crippen molar-refractivity contribution in [3.63, 3.8) is 0 Å². The molecule has 2 rings (SSSR count). The number of hydrogen-bond donors (Lipinski definition) is 1. The van der Waals surface area contributed by atoms with Gasteiger partial charge in [0.2, 0.25) is 11.7 Å². The Bertz CT molecular complexity index is 730. The number of para-hydroxylation sites is 1. The maximum Gasteiger partial charge on any atom is 0.347 e. The van der Waals surface area contributed by atoms with Crippen molar-refractivity contribution in [2.24, 2.45) is 11.8 Å².